The monoisotopic (exact) mass is 583 g/mol. The summed E-state index contributed by atoms with van der Waals surface area (Å²) in [6.45, 7) is 20.2. The van der Waals surface area contributed by atoms with Gasteiger partial charge in [0.2, 0.25) is 0 Å². The first-order chi connectivity index (χ1) is 15.0. The fraction of sp³-hybridized carbons (Fsp3) is 0.593. The minimum atomic E-state index is -2.03. The summed E-state index contributed by atoms with van der Waals surface area (Å²) in [4.78, 5) is 5.17. The van der Waals surface area contributed by atoms with Gasteiger partial charge >= 0.3 is 0 Å². The van der Waals surface area contributed by atoms with E-state index in [9.17, 15) is 9.50 Å². The Labute approximate surface area is 213 Å². The Morgan fingerprint density at radius 1 is 1.18 bits per heavy atom. The number of benzene rings is 1. The molecule has 182 valence electrons. The van der Waals surface area contributed by atoms with Crippen molar-refractivity contribution in [3.63, 3.8) is 0 Å². The zero-order chi connectivity index (χ0) is 24.9. The second-order valence-corrected chi connectivity index (χ2v) is 17.9. The van der Waals surface area contributed by atoms with Crippen LogP contribution in [-0.4, -0.2) is 18.4 Å². The van der Waals surface area contributed by atoms with E-state index in [1.54, 1.807) is 12.1 Å². The topological polar surface area (TPSA) is 42.4 Å². The Balaban J connectivity index is 2.21. The van der Waals surface area contributed by atoms with E-state index in [0.29, 0.717) is 5.56 Å². The Morgan fingerprint density at radius 2 is 1.76 bits per heavy atom. The van der Waals surface area contributed by atoms with Gasteiger partial charge in [-0.2, -0.15) is 0 Å². The molecule has 0 radical (unpaired) electrons. The lowest BCUT2D eigenvalue weighted by Crippen LogP contribution is -2.44. The highest BCUT2D eigenvalue weighted by atomic mass is 127. The average molecular weight is 584 g/mol. The van der Waals surface area contributed by atoms with Crippen molar-refractivity contribution in [2.75, 3.05) is 0 Å². The molecule has 2 atom stereocenters. The lowest BCUT2D eigenvalue weighted by molar-refractivity contribution is 0.104. The third-order valence-corrected chi connectivity index (χ3v) is 12.9. The molecule has 3 nitrogen and oxygen atoms in total. The van der Waals surface area contributed by atoms with Crippen LogP contribution in [-0.2, 0) is 10.8 Å². The molecule has 2 aromatic rings. The summed E-state index contributed by atoms with van der Waals surface area (Å²) in [5, 5.41) is 11.5. The van der Waals surface area contributed by atoms with Gasteiger partial charge in [-0.15, -0.1) is 0 Å². The van der Waals surface area contributed by atoms with E-state index >= 15 is 0 Å². The second-order valence-electron chi connectivity index (χ2n) is 12.1. The number of rotatable bonds is 5. The summed E-state index contributed by atoms with van der Waals surface area (Å²) in [5.41, 5.74) is 4.74. The van der Waals surface area contributed by atoms with E-state index < -0.39 is 14.4 Å². The van der Waals surface area contributed by atoms with Crippen molar-refractivity contribution in [2.45, 2.75) is 97.6 Å². The highest BCUT2D eigenvalue weighted by Gasteiger charge is 2.44. The van der Waals surface area contributed by atoms with Gasteiger partial charge in [-0.3, -0.25) is 4.98 Å². The van der Waals surface area contributed by atoms with Crippen molar-refractivity contribution in [3.8, 4) is 0 Å². The van der Waals surface area contributed by atoms with Crippen LogP contribution in [0.3, 0.4) is 0 Å². The molecule has 0 aliphatic heterocycles. The highest BCUT2D eigenvalue weighted by Crippen LogP contribution is 2.50. The average Bonchev–Trinajstić information content (AvgIpc) is 2.65. The molecule has 2 unspecified atom stereocenters. The molecule has 1 aliphatic rings. The number of hydrogen-bond donors (Lipinski definition) is 1. The number of aliphatic hydroxyl groups excluding tert-OH is 1. The maximum Gasteiger partial charge on any atom is 0.192 e. The van der Waals surface area contributed by atoms with Crippen LogP contribution in [0.15, 0.2) is 24.3 Å². The molecule has 1 aliphatic carbocycles. The summed E-state index contributed by atoms with van der Waals surface area (Å²) in [6.07, 6.45) is 0.903. The number of nitrogens with zero attached hydrogens (tertiary/aromatic N) is 1. The molecular weight excluding hydrogens is 544 g/mol. The van der Waals surface area contributed by atoms with Crippen LogP contribution >= 0.6 is 22.6 Å². The molecule has 3 rings (SSSR count). The predicted octanol–water partition coefficient (Wildman–Crippen LogP) is 8.07. The van der Waals surface area contributed by atoms with Crippen LogP contribution in [0, 0.1) is 14.8 Å². The van der Waals surface area contributed by atoms with E-state index in [0.717, 1.165) is 38.9 Å². The summed E-state index contributed by atoms with van der Waals surface area (Å²) in [6, 6.07) is 6.12. The van der Waals surface area contributed by atoms with E-state index in [1.807, 2.05) is 0 Å². The molecule has 1 aromatic heterocycles. The first kappa shape index (κ1) is 26.8. The van der Waals surface area contributed by atoms with Crippen LogP contribution in [0.25, 0.3) is 0 Å². The van der Waals surface area contributed by atoms with Gasteiger partial charge in [-0.1, -0.05) is 60.6 Å². The van der Waals surface area contributed by atoms with Crippen LogP contribution < -0.4 is 0 Å². The van der Waals surface area contributed by atoms with Gasteiger partial charge in [0, 0.05) is 20.4 Å². The molecular formula is C27H39FINO2Si. The SMILES string of the molecule is CC(C)c1nc2c(c(I)c1C(O)c1ccc(F)cc1)C(O[Si](C)(C)C(C)(C)C)CC(C)(C)C2. The lowest BCUT2D eigenvalue weighted by atomic mass is 9.74. The number of aromatic nitrogens is 1. The van der Waals surface area contributed by atoms with E-state index in [2.05, 4.69) is 84.2 Å². The molecule has 0 bridgehead atoms. The van der Waals surface area contributed by atoms with Gasteiger partial charge < -0.3 is 9.53 Å². The maximum atomic E-state index is 13.5. The molecule has 1 N–H and O–H groups in total. The second kappa shape index (κ2) is 9.32. The van der Waals surface area contributed by atoms with Gasteiger partial charge in [0.1, 0.15) is 11.9 Å². The normalized spacial score (nSPS) is 19.5. The molecule has 0 saturated carbocycles. The number of halogens is 2. The van der Waals surface area contributed by atoms with Gasteiger partial charge in [-0.25, -0.2) is 4.39 Å². The third-order valence-electron chi connectivity index (χ3n) is 7.27. The Kier molecular flexibility index (Phi) is 7.56. The standard InChI is InChI=1S/C27H39FINO2Si/c1-16(2)24-22(25(31)17-10-12-18(28)13-11-17)23(29)21-19(30-24)14-27(6,7)15-20(21)32-33(8,9)26(3,4)5/h10-13,16,20,25,31H,14-15H2,1-9H3. The molecule has 33 heavy (non-hydrogen) atoms. The molecule has 6 heteroatoms. The van der Waals surface area contributed by atoms with Gasteiger partial charge in [0.15, 0.2) is 8.32 Å². The van der Waals surface area contributed by atoms with Crippen LogP contribution in [0.1, 0.15) is 101 Å². The van der Waals surface area contributed by atoms with Crippen LogP contribution in [0.2, 0.25) is 18.1 Å². The lowest BCUT2D eigenvalue weighted by Gasteiger charge is -2.44. The van der Waals surface area contributed by atoms with Crippen molar-refractivity contribution < 1.29 is 13.9 Å². The predicted molar refractivity (Wildman–Crippen MR) is 145 cm³/mol. The zero-order valence-electron chi connectivity index (χ0n) is 21.5. The minimum Gasteiger partial charge on any atom is -0.410 e. The zero-order valence-corrected chi connectivity index (χ0v) is 24.7. The van der Waals surface area contributed by atoms with Crippen molar-refractivity contribution in [3.05, 3.63) is 61.7 Å². The van der Waals surface area contributed by atoms with Crippen molar-refractivity contribution in [1.29, 1.82) is 0 Å². The Morgan fingerprint density at radius 3 is 2.27 bits per heavy atom. The molecule has 1 heterocycles. The summed E-state index contributed by atoms with van der Waals surface area (Å²) >= 11 is 2.39. The summed E-state index contributed by atoms with van der Waals surface area (Å²) in [7, 11) is -2.03. The first-order valence-electron chi connectivity index (χ1n) is 11.9. The van der Waals surface area contributed by atoms with Crippen molar-refractivity contribution in [2.24, 2.45) is 5.41 Å². The molecule has 0 saturated heterocycles. The number of hydrogen-bond acceptors (Lipinski definition) is 3. The number of pyridine rings is 1. The summed E-state index contributed by atoms with van der Waals surface area (Å²) < 4.78 is 21.6. The number of aliphatic hydroxyl groups is 1. The highest BCUT2D eigenvalue weighted by molar-refractivity contribution is 14.1. The Hall–Kier alpha value is -0.833. The first-order valence-corrected chi connectivity index (χ1v) is 15.9. The van der Waals surface area contributed by atoms with E-state index in [-0.39, 0.29) is 28.3 Å². The smallest absolute Gasteiger partial charge is 0.192 e. The molecule has 0 amide bonds. The van der Waals surface area contributed by atoms with Gasteiger partial charge in [0.25, 0.3) is 0 Å². The van der Waals surface area contributed by atoms with Crippen molar-refractivity contribution in [1.82, 2.24) is 4.98 Å². The maximum absolute atomic E-state index is 13.5. The quantitative estimate of drug-likeness (QED) is 0.286. The molecule has 0 spiro atoms. The fourth-order valence-electron chi connectivity index (χ4n) is 4.39. The Bertz CT molecular complexity index is 1010. The molecule has 0 fully saturated rings. The van der Waals surface area contributed by atoms with E-state index in [4.69, 9.17) is 9.41 Å². The van der Waals surface area contributed by atoms with Gasteiger partial charge in [0.05, 0.1) is 11.8 Å². The third kappa shape index (κ3) is 5.54. The van der Waals surface area contributed by atoms with Crippen LogP contribution in [0.5, 0.6) is 0 Å². The van der Waals surface area contributed by atoms with Crippen LogP contribution in [0.4, 0.5) is 4.39 Å². The van der Waals surface area contributed by atoms with E-state index in [1.165, 1.54) is 12.1 Å². The fourth-order valence-corrected chi connectivity index (χ4v) is 6.88. The molecule has 1 aromatic carbocycles. The number of fused-ring (bicyclic) bond motifs is 1. The van der Waals surface area contributed by atoms with Gasteiger partial charge in [-0.05, 0) is 82.6 Å². The minimum absolute atomic E-state index is 0.0515. The van der Waals surface area contributed by atoms with Crippen molar-refractivity contribution >= 4 is 30.9 Å². The largest absolute Gasteiger partial charge is 0.410 e. The summed E-state index contributed by atoms with van der Waals surface area (Å²) in [5.74, 6) is -0.155.